The average Bonchev–Trinajstić information content (AvgIpc) is 2.72. The molecule has 0 radical (unpaired) electrons. The Hall–Kier alpha value is -2.02. The van der Waals surface area contributed by atoms with Crippen LogP contribution in [0.25, 0.3) is 11.1 Å². The second-order valence-electron chi connectivity index (χ2n) is 9.08. The highest BCUT2D eigenvalue weighted by Crippen LogP contribution is 2.43. The van der Waals surface area contributed by atoms with Crippen molar-refractivity contribution in [1.29, 1.82) is 0 Å². The lowest BCUT2D eigenvalue weighted by Gasteiger charge is -2.33. The van der Waals surface area contributed by atoms with Crippen molar-refractivity contribution < 1.29 is 31.1 Å². The molecule has 1 nitrogen and oxygen atoms in total. The molecule has 7 heteroatoms. The lowest BCUT2D eigenvalue weighted by molar-refractivity contribution is -0.233. The van der Waals surface area contributed by atoms with Crippen molar-refractivity contribution >= 4 is 0 Å². The van der Waals surface area contributed by atoms with Crippen molar-refractivity contribution in [2.24, 2.45) is 5.92 Å². The van der Waals surface area contributed by atoms with E-state index in [9.17, 15) is 17.6 Å². The van der Waals surface area contributed by atoms with Crippen molar-refractivity contribution in [2.45, 2.75) is 76.7 Å². The molecule has 0 aromatic heterocycles. The van der Waals surface area contributed by atoms with Gasteiger partial charge in [-0.2, -0.15) is 13.2 Å². The number of fused-ring (bicyclic) bond motifs is 1. The van der Waals surface area contributed by atoms with E-state index in [1.807, 2.05) is 0 Å². The fraction of sp³-hybridized carbons (Fsp3) is 0.520. The SMILES string of the molecule is CCC1CCC(c2cc(F)c(-c3cc(F)c4c(c3)COC(C(F)(F)F)C4C)c(F)c2)CC1. The normalized spacial score (nSPS) is 26.1. The minimum Gasteiger partial charge on any atom is -0.363 e. The van der Waals surface area contributed by atoms with Crippen LogP contribution >= 0.6 is 0 Å². The molecule has 174 valence electrons. The molecule has 2 aliphatic rings. The van der Waals surface area contributed by atoms with Gasteiger partial charge in [0.05, 0.1) is 12.2 Å². The molecular weight excluding hydrogens is 430 g/mol. The third-order valence-electron chi connectivity index (χ3n) is 7.11. The Balaban J connectivity index is 1.66. The standard InChI is InChI=1S/C25H26F6O/c1-3-14-4-6-15(7-5-14)16-9-20(27)23(21(28)10-16)17-8-18-12-32-24(25(29,30)31)13(2)22(18)19(26)11-17/h8-11,13-15,24H,3-7,12H2,1-2H3. The second kappa shape index (κ2) is 8.73. The van der Waals surface area contributed by atoms with Gasteiger partial charge in [0.1, 0.15) is 17.5 Å². The van der Waals surface area contributed by atoms with Gasteiger partial charge >= 0.3 is 6.18 Å². The second-order valence-corrected chi connectivity index (χ2v) is 9.08. The van der Waals surface area contributed by atoms with Gasteiger partial charge in [0.15, 0.2) is 6.10 Å². The molecule has 0 bridgehead atoms. The molecule has 0 saturated heterocycles. The monoisotopic (exact) mass is 456 g/mol. The number of benzene rings is 2. The zero-order valence-electron chi connectivity index (χ0n) is 18.0. The smallest absolute Gasteiger partial charge is 0.363 e. The van der Waals surface area contributed by atoms with E-state index in [1.54, 1.807) is 0 Å². The van der Waals surface area contributed by atoms with E-state index in [0.717, 1.165) is 38.2 Å². The van der Waals surface area contributed by atoms with Gasteiger partial charge in [-0.3, -0.25) is 0 Å². The molecule has 32 heavy (non-hydrogen) atoms. The van der Waals surface area contributed by atoms with Gasteiger partial charge < -0.3 is 4.74 Å². The van der Waals surface area contributed by atoms with Crippen molar-refractivity contribution in [3.63, 3.8) is 0 Å². The Morgan fingerprint density at radius 3 is 2.09 bits per heavy atom. The summed E-state index contributed by atoms with van der Waals surface area (Å²) in [5.41, 5.74) is 0.241. The highest BCUT2D eigenvalue weighted by Gasteiger charge is 2.48. The van der Waals surface area contributed by atoms with E-state index in [2.05, 4.69) is 6.92 Å². The lowest BCUT2D eigenvalue weighted by atomic mass is 9.77. The van der Waals surface area contributed by atoms with Crippen molar-refractivity contribution in [2.75, 3.05) is 0 Å². The van der Waals surface area contributed by atoms with Gasteiger partial charge in [-0.1, -0.05) is 20.3 Å². The van der Waals surface area contributed by atoms with E-state index in [0.29, 0.717) is 11.5 Å². The van der Waals surface area contributed by atoms with Gasteiger partial charge in [0.25, 0.3) is 0 Å². The third kappa shape index (κ3) is 4.28. The fourth-order valence-electron chi connectivity index (χ4n) is 5.31. The fourth-order valence-corrected chi connectivity index (χ4v) is 5.31. The van der Waals surface area contributed by atoms with Crippen molar-refractivity contribution in [3.05, 3.63) is 58.4 Å². The van der Waals surface area contributed by atoms with Crippen LogP contribution < -0.4 is 0 Å². The lowest BCUT2D eigenvalue weighted by Crippen LogP contribution is -2.39. The molecule has 4 rings (SSSR count). The number of ether oxygens (including phenoxy) is 1. The van der Waals surface area contributed by atoms with Gasteiger partial charge in [0.2, 0.25) is 0 Å². The van der Waals surface area contributed by atoms with E-state index in [4.69, 9.17) is 4.74 Å². The summed E-state index contributed by atoms with van der Waals surface area (Å²) in [7, 11) is 0. The van der Waals surface area contributed by atoms with Crippen LogP contribution in [0.4, 0.5) is 26.3 Å². The van der Waals surface area contributed by atoms with E-state index in [1.165, 1.54) is 25.1 Å². The topological polar surface area (TPSA) is 9.23 Å². The molecular formula is C25H26F6O. The highest BCUT2D eigenvalue weighted by atomic mass is 19.4. The van der Waals surface area contributed by atoms with Crippen LogP contribution in [0, 0.1) is 23.4 Å². The maximum atomic E-state index is 15.0. The van der Waals surface area contributed by atoms with Crippen molar-refractivity contribution in [1.82, 2.24) is 0 Å². The number of hydrogen-bond acceptors (Lipinski definition) is 1. The number of hydrogen-bond donors (Lipinski definition) is 0. The Bertz CT molecular complexity index is 968. The zero-order chi connectivity index (χ0) is 23.2. The molecule has 0 N–H and O–H groups in total. The highest BCUT2D eigenvalue weighted by molar-refractivity contribution is 5.67. The molecule has 1 aliphatic heterocycles. The summed E-state index contributed by atoms with van der Waals surface area (Å²) in [6.45, 7) is 2.91. The largest absolute Gasteiger partial charge is 0.415 e. The number of alkyl halides is 3. The van der Waals surface area contributed by atoms with Crippen LogP contribution in [-0.4, -0.2) is 12.3 Å². The summed E-state index contributed by atoms with van der Waals surface area (Å²) in [5, 5.41) is 0. The first-order chi connectivity index (χ1) is 15.1. The van der Waals surface area contributed by atoms with Crippen LogP contribution in [0.1, 0.15) is 74.5 Å². The van der Waals surface area contributed by atoms with Crippen LogP contribution in [0.15, 0.2) is 24.3 Å². The van der Waals surface area contributed by atoms with Gasteiger partial charge in [0, 0.05) is 5.92 Å². The van der Waals surface area contributed by atoms with E-state index in [-0.39, 0.29) is 28.2 Å². The quantitative estimate of drug-likeness (QED) is 0.425. The molecule has 2 aromatic carbocycles. The maximum Gasteiger partial charge on any atom is 0.415 e. The molecule has 1 saturated carbocycles. The summed E-state index contributed by atoms with van der Waals surface area (Å²) in [6.07, 6.45) is -1.85. The molecule has 2 unspecified atom stereocenters. The van der Waals surface area contributed by atoms with Crippen molar-refractivity contribution in [3.8, 4) is 11.1 Å². The molecule has 2 atom stereocenters. The summed E-state index contributed by atoms with van der Waals surface area (Å²) >= 11 is 0. The number of rotatable bonds is 3. The summed E-state index contributed by atoms with van der Waals surface area (Å²) in [4.78, 5) is 0. The van der Waals surface area contributed by atoms with E-state index >= 15 is 8.78 Å². The first-order valence-corrected chi connectivity index (χ1v) is 11.1. The van der Waals surface area contributed by atoms with Crippen LogP contribution in [0.3, 0.4) is 0 Å². The summed E-state index contributed by atoms with van der Waals surface area (Å²) in [5.74, 6) is -3.03. The predicted octanol–water partition coefficient (Wildman–Crippen LogP) is 8.02. The first-order valence-electron chi connectivity index (χ1n) is 11.1. The van der Waals surface area contributed by atoms with Crippen LogP contribution in [-0.2, 0) is 11.3 Å². The minimum absolute atomic E-state index is 0.0428. The van der Waals surface area contributed by atoms with Crippen LogP contribution in [0.2, 0.25) is 0 Å². The Morgan fingerprint density at radius 2 is 1.53 bits per heavy atom. The molecule has 0 spiro atoms. The molecule has 1 heterocycles. The summed E-state index contributed by atoms with van der Waals surface area (Å²) in [6, 6.07) is 4.87. The minimum atomic E-state index is -4.63. The maximum absolute atomic E-state index is 15.0. The van der Waals surface area contributed by atoms with Gasteiger partial charge in [-0.15, -0.1) is 0 Å². The predicted molar refractivity (Wildman–Crippen MR) is 110 cm³/mol. The van der Waals surface area contributed by atoms with Crippen LogP contribution in [0.5, 0.6) is 0 Å². The molecule has 0 amide bonds. The molecule has 2 aromatic rings. The molecule has 1 fully saturated rings. The Morgan fingerprint density at radius 1 is 0.906 bits per heavy atom. The molecule has 1 aliphatic carbocycles. The Kier molecular flexibility index (Phi) is 6.31. The third-order valence-corrected chi connectivity index (χ3v) is 7.11. The average molecular weight is 456 g/mol. The zero-order valence-corrected chi connectivity index (χ0v) is 18.0. The number of halogens is 6. The van der Waals surface area contributed by atoms with Gasteiger partial charge in [-0.05, 0) is 84.0 Å². The summed E-state index contributed by atoms with van der Waals surface area (Å²) < 4.78 is 89.3. The van der Waals surface area contributed by atoms with E-state index < -0.39 is 42.3 Å². The first kappa shape index (κ1) is 23.1. The Labute approximate surface area is 183 Å². The van der Waals surface area contributed by atoms with Gasteiger partial charge in [-0.25, -0.2) is 13.2 Å².